The van der Waals surface area contributed by atoms with Gasteiger partial charge in [0.25, 0.3) is 0 Å². The molecule has 1 unspecified atom stereocenters. The van der Waals surface area contributed by atoms with Crippen molar-refractivity contribution < 1.29 is 0 Å². The van der Waals surface area contributed by atoms with Gasteiger partial charge in [0, 0.05) is 12.6 Å². The first-order valence-corrected chi connectivity index (χ1v) is 10.8. The van der Waals surface area contributed by atoms with Gasteiger partial charge in [-0.3, -0.25) is 4.90 Å². The van der Waals surface area contributed by atoms with Crippen LogP contribution >= 0.6 is 0 Å². The largest absolute Gasteiger partial charge is 0.299 e. The van der Waals surface area contributed by atoms with Crippen molar-refractivity contribution in [2.75, 3.05) is 7.05 Å². The average molecular weight is 278 g/mol. The Balaban J connectivity index is 2.74. The first kappa shape index (κ1) is 16.5. The lowest BCUT2D eigenvalue weighted by molar-refractivity contribution is 0.134. The first-order chi connectivity index (χ1) is 8.51. The zero-order valence-electron chi connectivity index (χ0n) is 14.0. The summed E-state index contributed by atoms with van der Waals surface area (Å²) in [6.45, 7) is 17.5. The Morgan fingerprint density at radius 1 is 1.05 bits per heavy atom. The fourth-order valence-electron chi connectivity index (χ4n) is 2.20. The van der Waals surface area contributed by atoms with E-state index in [1.807, 2.05) is 0 Å². The molecule has 1 aromatic rings. The van der Waals surface area contributed by atoms with Crippen LogP contribution in [0.15, 0.2) is 24.3 Å². The smallest absolute Gasteiger partial charge is 0.0775 e. The monoisotopic (exact) mass is 277 g/mol. The predicted octanol–water partition coefficient (Wildman–Crippen LogP) is 4.10. The Labute approximate surface area is 121 Å². The van der Waals surface area contributed by atoms with Crippen molar-refractivity contribution in [3.8, 4) is 0 Å². The van der Waals surface area contributed by atoms with Gasteiger partial charge in [-0.25, -0.2) is 0 Å². The highest BCUT2D eigenvalue weighted by Gasteiger charge is 2.23. The van der Waals surface area contributed by atoms with Crippen molar-refractivity contribution in [3.63, 3.8) is 0 Å². The van der Waals surface area contributed by atoms with Gasteiger partial charge in [-0.1, -0.05) is 69.9 Å². The van der Waals surface area contributed by atoms with Gasteiger partial charge in [0.15, 0.2) is 0 Å². The molecule has 0 heterocycles. The normalized spacial score (nSPS) is 14.8. The van der Waals surface area contributed by atoms with E-state index in [0.29, 0.717) is 11.5 Å². The third-order valence-corrected chi connectivity index (χ3v) is 6.23. The molecule has 0 spiro atoms. The van der Waals surface area contributed by atoms with Crippen molar-refractivity contribution in [2.24, 2.45) is 5.41 Å². The summed E-state index contributed by atoms with van der Waals surface area (Å²) in [4.78, 5) is 2.45. The second kappa shape index (κ2) is 5.80. The lowest BCUT2D eigenvalue weighted by atomic mass is 9.87. The van der Waals surface area contributed by atoms with Crippen LogP contribution in [0.2, 0.25) is 19.6 Å². The van der Waals surface area contributed by atoms with Crippen molar-refractivity contribution in [1.82, 2.24) is 4.90 Å². The first-order valence-electron chi connectivity index (χ1n) is 7.31. The number of hydrogen-bond donors (Lipinski definition) is 0. The van der Waals surface area contributed by atoms with Gasteiger partial charge in [-0.15, -0.1) is 0 Å². The maximum Gasteiger partial charge on any atom is 0.0775 e. The Hall–Kier alpha value is -0.603. The van der Waals surface area contributed by atoms with Crippen LogP contribution in [-0.4, -0.2) is 26.1 Å². The maximum atomic E-state index is 2.45. The standard InChI is InChI=1S/C17H31NSi/c1-14(17(2,3)4)18(5)13-15-9-11-16(12-10-15)19(6,7)8/h9-12,14H,13H2,1-8H3. The zero-order valence-corrected chi connectivity index (χ0v) is 15.0. The predicted molar refractivity (Wildman–Crippen MR) is 89.8 cm³/mol. The van der Waals surface area contributed by atoms with E-state index in [0.717, 1.165) is 6.54 Å². The van der Waals surface area contributed by atoms with Gasteiger partial charge in [-0.2, -0.15) is 0 Å². The summed E-state index contributed by atoms with van der Waals surface area (Å²) >= 11 is 0. The van der Waals surface area contributed by atoms with Crippen LogP contribution in [-0.2, 0) is 6.54 Å². The number of rotatable bonds is 4. The minimum atomic E-state index is -1.16. The molecule has 1 nitrogen and oxygen atoms in total. The van der Waals surface area contributed by atoms with Crippen molar-refractivity contribution >= 4 is 13.3 Å². The van der Waals surface area contributed by atoms with Crippen molar-refractivity contribution in [1.29, 1.82) is 0 Å². The van der Waals surface area contributed by atoms with Crippen LogP contribution in [0.1, 0.15) is 33.3 Å². The minimum Gasteiger partial charge on any atom is -0.299 e. The van der Waals surface area contributed by atoms with Gasteiger partial charge in [0.1, 0.15) is 0 Å². The van der Waals surface area contributed by atoms with E-state index in [-0.39, 0.29) is 0 Å². The highest BCUT2D eigenvalue weighted by atomic mass is 28.3. The molecule has 0 fully saturated rings. The van der Waals surface area contributed by atoms with E-state index in [1.54, 1.807) is 5.19 Å². The second-order valence-corrected chi connectivity index (χ2v) is 13.0. The van der Waals surface area contributed by atoms with Gasteiger partial charge in [0.05, 0.1) is 8.07 Å². The third-order valence-electron chi connectivity index (χ3n) is 4.17. The van der Waals surface area contributed by atoms with E-state index in [9.17, 15) is 0 Å². The molecular weight excluding hydrogens is 246 g/mol. The molecule has 0 amide bonds. The number of hydrogen-bond acceptors (Lipinski definition) is 1. The molecule has 0 aromatic heterocycles. The van der Waals surface area contributed by atoms with Crippen molar-refractivity contribution in [3.05, 3.63) is 29.8 Å². The summed E-state index contributed by atoms with van der Waals surface area (Å²) in [6, 6.07) is 9.84. The van der Waals surface area contributed by atoms with E-state index in [1.165, 1.54) is 5.56 Å². The highest BCUT2D eigenvalue weighted by molar-refractivity contribution is 6.88. The SMILES string of the molecule is CC(N(C)Cc1ccc([Si](C)(C)C)cc1)C(C)(C)C. The lowest BCUT2D eigenvalue weighted by Gasteiger charge is -2.35. The van der Waals surface area contributed by atoms with Crippen LogP contribution in [0.5, 0.6) is 0 Å². The Bertz CT molecular complexity index is 395. The molecule has 108 valence electrons. The molecule has 0 aliphatic carbocycles. The molecule has 19 heavy (non-hydrogen) atoms. The summed E-state index contributed by atoms with van der Waals surface area (Å²) in [5.74, 6) is 0. The summed E-state index contributed by atoms with van der Waals surface area (Å²) in [5, 5.41) is 1.54. The quantitative estimate of drug-likeness (QED) is 0.749. The third kappa shape index (κ3) is 4.77. The van der Waals surface area contributed by atoms with Gasteiger partial charge in [0.2, 0.25) is 0 Å². The topological polar surface area (TPSA) is 3.24 Å². The van der Waals surface area contributed by atoms with E-state index < -0.39 is 8.07 Å². The Morgan fingerprint density at radius 3 is 1.89 bits per heavy atom. The molecular formula is C17H31NSi. The van der Waals surface area contributed by atoms with Crippen LogP contribution in [0.4, 0.5) is 0 Å². The van der Waals surface area contributed by atoms with Crippen molar-refractivity contribution in [2.45, 2.75) is 59.9 Å². The molecule has 1 rings (SSSR count). The van der Waals surface area contributed by atoms with Gasteiger partial charge >= 0.3 is 0 Å². The summed E-state index contributed by atoms with van der Waals surface area (Å²) in [7, 11) is 1.06. The molecule has 0 saturated carbocycles. The van der Waals surface area contributed by atoms with Crippen LogP contribution in [0, 0.1) is 5.41 Å². The van der Waals surface area contributed by atoms with Gasteiger partial charge < -0.3 is 0 Å². The van der Waals surface area contributed by atoms with E-state index >= 15 is 0 Å². The van der Waals surface area contributed by atoms with E-state index in [4.69, 9.17) is 0 Å². The number of nitrogens with zero attached hydrogens (tertiary/aromatic N) is 1. The molecule has 1 atom stereocenters. The summed E-state index contributed by atoms with van der Waals surface area (Å²) < 4.78 is 0. The molecule has 0 saturated heterocycles. The molecule has 1 aromatic carbocycles. The minimum absolute atomic E-state index is 0.326. The van der Waals surface area contributed by atoms with Crippen LogP contribution in [0.3, 0.4) is 0 Å². The average Bonchev–Trinajstić information content (AvgIpc) is 2.26. The molecule has 2 heteroatoms. The molecule has 0 aliphatic rings. The molecule has 0 N–H and O–H groups in total. The fourth-order valence-corrected chi connectivity index (χ4v) is 3.36. The summed E-state index contributed by atoms with van der Waals surface area (Å²) in [5.41, 5.74) is 1.74. The summed E-state index contributed by atoms with van der Waals surface area (Å²) in [6.07, 6.45) is 0. The molecule has 0 radical (unpaired) electrons. The fraction of sp³-hybridized carbons (Fsp3) is 0.647. The molecule has 0 aliphatic heterocycles. The van der Waals surface area contributed by atoms with E-state index in [2.05, 4.69) is 83.5 Å². The van der Waals surface area contributed by atoms with Gasteiger partial charge in [-0.05, 0) is 24.9 Å². The second-order valence-electron chi connectivity index (χ2n) is 7.90. The number of benzene rings is 1. The van der Waals surface area contributed by atoms with Crippen LogP contribution in [0.25, 0.3) is 0 Å². The Morgan fingerprint density at radius 2 is 1.53 bits per heavy atom. The highest BCUT2D eigenvalue weighted by Crippen LogP contribution is 2.24. The molecule has 0 bridgehead atoms. The lowest BCUT2D eigenvalue weighted by Crippen LogP contribution is -2.39. The zero-order chi connectivity index (χ0) is 14.8. The Kier molecular flexibility index (Phi) is 5.02. The van der Waals surface area contributed by atoms with Crippen LogP contribution < -0.4 is 5.19 Å². The maximum absolute atomic E-state index is 2.45.